The molecule has 0 saturated carbocycles. The summed E-state index contributed by atoms with van der Waals surface area (Å²) in [6, 6.07) is 11.8. The molecule has 2 rings (SSSR count). The van der Waals surface area contributed by atoms with Crippen LogP contribution in [0.3, 0.4) is 0 Å². The molecule has 0 aromatic heterocycles. The summed E-state index contributed by atoms with van der Waals surface area (Å²) in [5.41, 5.74) is -0.969. The highest BCUT2D eigenvalue weighted by atomic mass is 35.5. The molecule has 2 aromatic carbocycles. The fourth-order valence-corrected chi connectivity index (χ4v) is 2.51. The van der Waals surface area contributed by atoms with Crippen molar-refractivity contribution in [1.82, 2.24) is 0 Å². The number of anilines is 1. The Hall–Kier alpha value is -1.98. The lowest BCUT2D eigenvalue weighted by atomic mass is 9.90. The minimum Gasteiger partial charge on any atom is -0.383 e. The molecular formula is C18H17ClF2NO2. The molecule has 24 heavy (non-hydrogen) atoms. The van der Waals surface area contributed by atoms with Gasteiger partial charge in [0.1, 0.15) is 11.5 Å². The highest BCUT2D eigenvalue weighted by Crippen LogP contribution is 2.29. The minimum absolute atomic E-state index is 0.0447. The number of rotatable bonds is 6. The largest absolute Gasteiger partial charge is 0.383 e. The lowest BCUT2D eigenvalue weighted by Gasteiger charge is -2.34. The van der Waals surface area contributed by atoms with Crippen LogP contribution in [0, 0.1) is 18.6 Å². The van der Waals surface area contributed by atoms with Crippen LogP contribution in [0.25, 0.3) is 0 Å². The van der Waals surface area contributed by atoms with E-state index >= 15 is 0 Å². The van der Waals surface area contributed by atoms with E-state index in [2.05, 4.69) is 6.92 Å². The Kier molecular flexibility index (Phi) is 5.91. The first kappa shape index (κ1) is 18.4. The molecule has 0 bridgehead atoms. The first-order chi connectivity index (χ1) is 11.4. The van der Waals surface area contributed by atoms with Crippen LogP contribution < -0.4 is 4.90 Å². The lowest BCUT2D eigenvalue weighted by molar-refractivity contribution is -0.117. The number of amides is 1. The first-order valence-electron chi connectivity index (χ1n) is 7.30. The van der Waals surface area contributed by atoms with E-state index in [1.807, 2.05) is 0 Å². The molecule has 0 spiro atoms. The van der Waals surface area contributed by atoms with Crippen molar-refractivity contribution in [3.63, 3.8) is 0 Å². The Labute approximate surface area is 144 Å². The van der Waals surface area contributed by atoms with Crippen LogP contribution >= 0.6 is 11.6 Å². The standard InChI is InChI=1S/C18H17ClF2NO2/c1-2-18(24,13-8-9-15(20)16(21)10-13)12-22(17(23)11-19)14-6-4-3-5-7-14/h3-10,24H,1-2,11-12H2. The van der Waals surface area contributed by atoms with Gasteiger partial charge < -0.3 is 10.0 Å². The number of aliphatic hydroxyl groups is 1. The predicted octanol–water partition coefficient (Wildman–Crippen LogP) is 3.65. The van der Waals surface area contributed by atoms with E-state index in [-0.39, 0.29) is 24.4 Å². The van der Waals surface area contributed by atoms with Crippen LogP contribution in [-0.4, -0.2) is 23.4 Å². The molecule has 1 amide bonds. The normalized spacial score (nSPS) is 13.4. The van der Waals surface area contributed by atoms with E-state index in [1.165, 1.54) is 11.0 Å². The van der Waals surface area contributed by atoms with Gasteiger partial charge in [-0.25, -0.2) is 8.78 Å². The first-order valence-corrected chi connectivity index (χ1v) is 7.83. The Morgan fingerprint density at radius 2 is 1.83 bits per heavy atom. The Balaban J connectivity index is 2.40. The second kappa shape index (κ2) is 7.73. The Bertz CT molecular complexity index is 711. The zero-order chi connectivity index (χ0) is 17.7. The number of nitrogens with zero attached hydrogens (tertiary/aromatic N) is 1. The molecule has 0 aliphatic heterocycles. The van der Waals surface area contributed by atoms with Crippen LogP contribution in [0.5, 0.6) is 0 Å². The fourth-order valence-electron chi connectivity index (χ4n) is 2.37. The van der Waals surface area contributed by atoms with Gasteiger partial charge in [-0.1, -0.05) is 31.2 Å². The highest BCUT2D eigenvalue weighted by molar-refractivity contribution is 6.29. The fraction of sp³-hybridized carbons (Fsp3) is 0.222. The Morgan fingerprint density at radius 3 is 2.38 bits per heavy atom. The van der Waals surface area contributed by atoms with Crippen molar-refractivity contribution >= 4 is 23.2 Å². The van der Waals surface area contributed by atoms with Crippen LogP contribution in [0.2, 0.25) is 0 Å². The van der Waals surface area contributed by atoms with E-state index < -0.39 is 23.1 Å². The maximum Gasteiger partial charge on any atom is 0.242 e. The third-order valence-electron chi connectivity index (χ3n) is 3.77. The van der Waals surface area contributed by atoms with Crippen LogP contribution in [0.15, 0.2) is 48.5 Å². The zero-order valence-electron chi connectivity index (χ0n) is 12.9. The van der Waals surface area contributed by atoms with Gasteiger partial charge in [0.25, 0.3) is 0 Å². The molecule has 127 valence electrons. The van der Waals surface area contributed by atoms with Gasteiger partial charge in [0.15, 0.2) is 11.6 Å². The summed E-state index contributed by atoms with van der Waals surface area (Å²) in [4.78, 5) is 13.5. The molecule has 0 aliphatic rings. The molecule has 1 atom stereocenters. The second-order valence-corrected chi connectivity index (χ2v) is 5.63. The topological polar surface area (TPSA) is 40.5 Å². The molecule has 3 nitrogen and oxygen atoms in total. The van der Waals surface area contributed by atoms with Gasteiger partial charge >= 0.3 is 0 Å². The summed E-state index contributed by atoms with van der Waals surface area (Å²) >= 11 is 5.66. The van der Waals surface area contributed by atoms with Crippen molar-refractivity contribution in [2.75, 3.05) is 17.3 Å². The molecule has 1 unspecified atom stereocenters. The van der Waals surface area contributed by atoms with E-state index in [4.69, 9.17) is 11.6 Å². The van der Waals surface area contributed by atoms with Gasteiger partial charge in [-0.2, -0.15) is 0 Å². The summed E-state index contributed by atoms with van der Waals surface area (Å²) in [6.07, 6.45) is -0.0447. The number of benzene rings is 2. The monoisotopic (exact) mass is 352 g/mol. The van der Waals surface area contributed by atoms with Crippen molar-refractivity contribution in [3.8, 4) is 0 Å². The third kappa shape index (κ3) is 3.91. The number of carbonyl (C=O) groups is 1. The summed E-state index contributed by atoms with van der Waals surface area (Å²) in [7, 11) is 0. The number of halogens is 3. The molecule has 1 radical (unpaired) electrons. The quantitative estimate of drug-likeness (QED) is 0.806. The maximum atomic E-state index is 13.5. The molecule has 0 aliphatic carbocycles. The molecule has 1 N–H and O–H groups in total. The molecule has 6 heteroatoms. The molecular weight excluding hydrogens is 336 g/mol. The number of hydrogen-bond donors (Lipinski definition) is 1. The number of carbonyl (C=O) groups excluding carboxylic acids is 1. The van der Waals surface area contributed by atoms with Gasteiger partial charge in [-0.3, -0.25) is 4.79 Å². The van der Waals surface area contributed by atoms with Gasteiger partial charge in [0.2, 0.25) is 5.91 Å². The summed E-state index contributed by atoms with van der Waals surface area (Å²) in [6.45, 7) is 3.50. The van der Waals surface area contributed by atoms with Crippen LogP contribution in [0.1, 0.15) is 12.0 Å². The predicted molar refractivity (Wildman–Crippen MR) is 89.7 cm³/mol. The van der Waals surface area contributed by atoms with Crippen LogP contribution in [0.4, 0.5) is 14.5 Å². The molecule has 2 aromatic rings. The second-order valence-electron chi connectivity index (χ2n) is 5.36. The van der Waals surface area contributed by atoms with E-state index in [9.17, 15) is 18.7 Å². The zero-order valence-corrected chi connectivity index (χ0v) is 13.6. The van der Waals surface area contributed by atoms with Gasteiger partial charge in [0.05, 0.1) is 6.54 Å². The van der Waals surface area contributed by atoms with Gasteiger partial charge in [-0.05, 0) is 36.2 Å². The van der Waals surface area contributed by atoms with Crippen molar-refractivity contribution in [2.24, 2.45) is 0 Å². The SMILES string of the molecule is [CH2]CC(O)(CN(C(=O)CCl)c1ccccc1)c1ccc(F)c(F)c1. The number of alkyl halides is 1. The maximum absolute atomic E-state index is 13.5. The highest BCUT2D eigenvalue weighted by Gasteiger charge is 2.33. The number of para-hydroxylation sites is 1. The van der Waals surface area contributed by atoms with Crippen molar-refractivity contribution in [3.05, 3.63) is 72.7 Å². The molecule has 0 saturated heterocycles. The lowest BCUT2D eigenvalue weighted by Crippen LogP contribution is -2.44. The van der Waals surface area contributed by atoms with Gasteiger partial charge in [-0.15, -0.1) is 11.6 Å². The molecule has 0 fully saturated rings. The van der Waals surface area contributed by atoms with Crippen molar-refractivity contribution in [2.45, 2.75) is 12.0 Å². The van der Waals surface area contributed by atoms with E-state index in [0.717, 1.165) is 12.1 Å². The van der Waals surface area contributed by atoms with Crippen molar-refractivity contribution < 1.29 is 18.7 Å². The third-order valence-corrected chi connectivity index (χ3v) is 4.00. The Morgan fingerprint density at radius 1 is 1.17 bits per heavy atom. The van der Waals surface area contributed by atoms with E-state index in [0.29, 0.717) is 5.69 Å². The smallest absolute Gasteiger partial charge is 0.242 e. The number of hydrogen-bond acceptors (Lipinski definition) is 2. The van der Waals surface area contributed by atoms with E-state index in [1.54, 1.807) is 30.3 Å². The average Bonchev–Trinajstić information content (AvgIpc) is 2.61. The van der Waals surface area contributed by atoms with Crippen LogP contribution in [-0.2, 0) is 10.4 Å². The average molecular weight is 353 g/mol. The summed E-state index contributed by atoms with van der Waals surface area (Å²) in [5, 5.41) is 10.9. The van der Waals surface area contributed by atoms with Gasteiger partial charge in [0, 0.05) is 5.69 Å². The summed E-state index contributed by atoms with van der Waals surface area (Å²) < 4.78 is 26.7. The molecule has 0 heterocycles. The summed E-state index contributed by atoms with van der Waals surface area (Å²) in [5.74, 6) is -2.78. The minimum atomic E-state index is -1.65. The van der Waals surface area contributed by atoms with Crippen molar-refractivity contribution in [1.29, 1.82) is 0 Å².